The molecule has 254 valence electrons. The predicted octanol–water partition coefficient (Wildman–Crippen LogP) is 13.9. The van der Waals surface area contributed by atoms with Crippen LogP contribution in [0.4, 0.5) is 0 Å². The Kier molecular flexibility index (Phi) is 17.9. The van der Waals surface area contributed by atoms with E-state index in [1.54, 1.807) is 0 Å². The van der Waals surface area contributed by atoms with E-state index in [1.165, 1.54) is 64.7 Å². The summed E-state index contributed by atoms with van der Waals surface area (Å²) in [4.78, 5) is 2.86. The summed E-state index contributed by atoms with van der Waals surface area (Å²) in [5.74, 6) is 0. The van der Waals surface area contributed by atoms with Gasteiger partial charge in [0.15, 0.2) is 9.79 Å². The maximum atomic E-state index is 5.34. The molecule has 0 aliphatic rings. The van der Waals surface area contributed by atoms with Crippen molar-refractivity contribution >= 4 is 94.3 Å². The van der Waals surface area contributed by atoms with Crippen LogP contribution in [-0.2, 0) is 47.8 Å². The van der Waals surface area contributed by atoms with Gasteiger partial charge in [-0.25, -0.2) is 0 Å². The summed E-state index contributed by atoms with van der Waals surface area (Å²) < 4.78 is 0. The van der Waals surface area contributed by atoms with E-state index >= 15 is 0 Å². The Balaban J connectivity index is 0.000000214. The zero-order chi connectivity index (χ0) is 35.4. The van der Waals surface area contributed by atoms with Gasteiger partial charge >= 0.3 is 54.6 Å². The molecule has 0 heterocycles. The SMILES string of the molecule is CCc1cc2c(-c3ccc([S+](C)C)cc3)cccc2[cH-]1.CCc1cc2c(-c3ccc([S+](C)C)cc3)cccc2[cH-]1.C[Si]C.[Cl][Zr]([Cl])([Br])[Br]. The molecule has 0 spiro atoms. The molecule has 0 bridgehead atoms. The second kappa shape index (κ2) is 20.5. The summed E-state index contributed by atoms with van der Waals surface area (Å²) in [5, 5.41) is 5.47. The van der Waals surface area contributed by atoms with Crippen LogP contribution in [0.3, 0.4) is 0 Å². The fourth-order valence-corrected chi connectivity index (χ4v) is 6.68. The molecule has 0 N–H and O–H groups in total. The molecule has 0 aliphatic heterocycles. The number of hydrogen-bond donors (Lipinski definition) is 0. The fourth-order valence-electron chi connectivity index (χ4n) is 5.32. The Morgan fingerprint density at radius 1 is 0.604 bits per heavy atom. The van der Waals surface area contributed by atoms with Gasteiger partial charge in [0.25, 0.3) is 0 Å². The third-order valence-corrected chi connectivity index (χ3v) is 10.1. The first-order chi connectivity index (χ1) is 22.8. The van der Waals surface area contributed by atoms with E-state index in [0.717, 1.165) is 22.4 Å². The summed E-state index contributed by atoms with van der Waals surface area (Å²) in [6, 6.07) is 40.6. The van der Waals surface area contributed by atoms with Crippen LogP contribution < -0.4 is 0 Å². The molecule has 8 heteroatoms. The Morgan fingerprint density at radius 3 is 1.19 bits per heavy atom. The van der Waals surface area contributed by atoms with Crippen LogP contribution in [0.2, 0.25) is 13.1 Å². The fraction of sp³-hybridized carbons (Fsp3) is 0.250. The van der Waals surface area contributed by atoms with E-state index in [4.69, 9.17) is 17.0 Å². The van der Waals surface area contributed by atoms with Gasteiger partial charge in [-0.3, -0.25) is 0 Å². The van der Waals surface area contributed by atoms with Crippen LogP contribution in [0.5, 0.6) is 0 Å². The van der Waals surface area contributed by atoms with Crippen molar-refractivity contribution in [3.8, 4) is 22.3 Å². The average molecular weight is 941 g/mol. The first-order valence-corrected chi connectivity index (χ1v) is 39.5. The number of fused-ring (bicyclic) bond motifs is 2. The molecule has 6 rings (SSSR count). The van der Waals surface area contributed by atoms with E-state index in [-0.39, 0.29) is 0 Å². The standard InChI is InChI=1S/2C19H20S.C2H6Si.2BrH.2ClH.Zr/c2*1-4-14-12-16-6-5-7-18(19(16)13-14)15-8-10-17(11-9-15)20(2)3;1-3-2;;;;;/h2*5-13H,4H2,1-3H3;1-2H3;4*1H;/q;;;;;;;+4/p-4. The summed E-state index contributed by atoms with van der Waals surface area (Å²) in [6.07, 6.45) is 11.3. The van der Waals surface area contributed by atoms with E-state index in [1.807, 2.05) is 0 Å². The van der Waals surface area contributed by atoms with Gasteiger partial charge in [-0.2, -0.15) is 12.1 Å². The minimum atomic E-state index is -2.61. The third kappa shape index (κ3) is 12.9. The molecule has 0 aliphatic carbocycles. The van der Waals surface area contributed by atoms with Crippen molar-refractivity contribution in [3.63, 3.8) is 0 Å². The summed E-state index contributed by atoms with van der Waals surface area (Å²) in [7, 11) is 12.4. The molecule has 0 saturated heterocycles. The molecule has 6 aromatic carbocycles. The van der Waals surface area contributed by atoms with E-state index in [0.29, 0.717) is 21.8 Å². The molecular formula is C40H46Br2Cl2S2SiZr. The monoisotopic (exact) mass is 936 g/mol. The summed E-state index contributed by atoms with van der Waals surface area (Å²) in [6.45, 7) is 8.73. The number of halogens is 4. The molecule has 0 fully saturated rings. The van der Waals surface area contributed by atoms with Crippen molar-refractivity contribution in [2.24, 2.45) is 0 Å². The summed E-state index contributed by atoms with van der Waals surface area (Å²) in [5.41, 5.74) is 8.18. The number of hydrogen-bond acceptors (Lipinski definition) is 0. The van der Waals surface area contributed by atoms with Crippen molar-refractivity contribution < 1.29 is 13.2 Å². The average Bonchev–Trinajstić information content (AvgIpc) is 3.69. The van der Waals surface area contributed by atoms with E-state index in [9.17, 15) is 0 Å². The van der Waals surface area contributed by atoms with Gasteiger partial charge in [-0.1, -0.05) is 74.5 Å². The maximum absolute atomic E-state index is 5.34. The van der Waals surface area contributed by atoms with Crippen LogP contribution in [0.15, 0.2) is 119 Å². The molecule has 0 nitrogen and oxygen atoms in total. The van der Waals surface area contributed by atoms with Crippen molar-refractivity contribution in [2.45, 2.75) is 49.6 Å². The second-order valence-electron chi connectivity index (χ2n) is 11.7. The van der Waals surface area contributed by atoms with Crippen LogP contribution in [0.1, 0.15) is 25.0 Å². The van der Waals surface area contributed by atoms with Crippen LogP contribution in [-0.4, -0.2) is 34.5 Å². The molecular weight excluding hydrogens is 895 g/mol. The Bertz CT molecular complexity index is 1700. The van der Waals surface area contributed by atoms with Gasteiger partial charge in [-0.05, 0) is 48.2 Å². The Hall–Kier alpha value is -0.560. The minimum absolute atomic E-state index is 0.332. The molecule has 0 unspecified atom stereocenters. The quantitative estimate of drug-likeness (QED) is 0.0887. The topological polar surface area (TPSA) is 0 Å². The molecule has 48 heavy (non-hydrogen) atoms. The molecule has 0 atom stereocenters. The Morgan fingerprint density at radius 2 is 0.917 bits per heavy atom. The van der Waals surface area contributed by atoms with Gasteiger partial charge in [0.05, 0.1) is 0 Å². The van der Waals surface area contributed by atoms with Gasteiger partial charge in [0.2, 0.25) is 0 Å². The van der Waals surface area contributed by atoms with Crippen molar-refractivity contribution in [3.05, 3.63) is 120 Å². The van der Waals surface area contributed by atoms with Crippen molar-refractivity contribution in [2.75, 3.05) is 25.0 Å². The van der Waals surface area contributed by atoms with Crippen LogP contribution >= 0.6 is 41.5 Å². The van der Waals surface area contributed by atoms with Gasteiger partial charge in [0.1, 0.15) is 25.0 Å². The first-order valence-electron chi connectivity index (χ1n) is 15.9. The third-order valence-electron chi connectivity index (χ3n) is 7.71. The number of rotatable bonds is 6. The summed E-state index contributed by atoms with van der Waals surface area (Å²) >= 11 is 3.45. The van der Waals surface area contributed by atoms with E-state index < -0.39 is 13.2 Å². The number of benzene rings is 4. The normalized spacial score (nSPS) is 11.1. The molecule has 0 aromatic heterocycles. The zero-order valence-corrected chi connectivity index (χ0v) is 38.9. The molecule has 0 saturated carbocycles. The van der Waals surface area contributed by atoms with Crippen LogP contribution in [0.25, 0.3) is 43.8 Å². The van der Waals surface area contributed by atoms with Crippen molar-refractivity contribution in [1.29, 1.82) is 0 Å². The van der Waals surface area contributed by atoms with Crippen LogP contribution in [0, 0.1) is 0 Å². The van der Waals surface area contributed by atoms with E-state index in [2.05, 4.69) is 186 Å². The zero-order valence-electron chi connectivity index (χ0n) is 29.1. The molecule has 6 aromatic rings. The van der Waals surface area contributed by atoms with Gasteiger partial charge < -0.3 is 0 Å². The Labute approximate surface area is 321 Å². The molecule has 0 amide bonds. The molecule has 2 radical (unpaired) electrons. The first kappa shape index (κ1) is 41.9. The second-order valence-corrected chi connectivity index (χ2v) is 58.0. The van der Waals surface area contributed by atoms with Gasteiger partial charge in [0, 0.05) is 31.3 Å². The van der Waals surface area contributed by atoms with Gasteiger partial charge in [-0.15, -0.1) is 69.1 Å². The van der Waals surface area contributed by atoms with Crippen molar-refractivity contribution in [1.82, 2.24) is 0 Å². The number of aryl methyl sites for hydroxylation is 2. The predicted molar refractivity (Wildman–Crippen MR) is 231 cm³/mol.